The van der Waals surface area contributed by atoms with Crippen LogP contribution >= 0.6 is 8.38 Å². The number of alkyl carbamates (subject to hydrolysis) is 1. The fourth-order valence-corrected chi connectivity index (χ4v) is 3.35. The Balaban J connectivity index is 2.20. The van der Waals surface area contributed by atoms with Crippen LogP contribution in [-0.2, 0) is 14.3 Å². The molecule has 1 fully saturated rings. The lowest BCUT2D eigenvalue weighted by Crippen LogP contribution is -2.36. The molecule has 4 N–H and O–H groups in total. The van der Waals surface area contributed by atoms with E-state index in [2.05, 4.69) is 14.8 Å². The van der Waals surface area contributed by atoms with Crippen LogP contribution in [0.3, 0.4) is 0 Å². The van der Waals surface area contributed by atoms with Gasteiger partial charge in [0, 0.05) is 6.42 Å². The smallest absolute Gasteiger partial charge is 0.412 e. The largest absolute Gasteiger partial charge is 0.428 e. The average Bonchev–Trinajstić information content (AvgIpc) is 2.53. The molecular formula is C16H28NO7P. The summed E-state index contributed by atoms with van der Waals surface area (Å²) in [6, 6.07) is 0. The molecule has 1 rings (SSSR count). The van der Waals surface area contributed by atoms with Gasteiger partial charge in [-0.05, 0) is 56.7 Å². The number of esters is 1. The van der Waals surface area contributed by atoms with Crippen LogP contribution in [0.4, 0.5) is 4.79 Å². The molecule has 0 aliphatic heterocycles. The van der Waals surface area contributed by atoms with E-state index in [-0.39, 0.29) is 6.42 Å². The summed E-state index contributed by atoms with van der Waals surface area (Å²) in [5.74, 6) is 1.43. The number of hydrogen-bond donors (Lipinski definition) is 4. The molecule has 0 aromatic carbocycles. The fourth-order valence-electron chi connectivity index (χ4n) is 2.79. The van der Waals surface area contributed by atoms with Gasteiger partial charge in [-0.1, -0.05) is 12.5 Å². The van der Waals surface area contributed by atoms with Gasteiger partial charge in [0.1, 0.15) is 6.23 Å². The van der Waals surface area contributed by atoms with Crippen LogP contribution in [0.25, 0.3) is 0 Å². The lowest BCUT2D eigenvalue weighted by atomic mass is 9.83. The Hall–Kier alpha value is -1.21. The number of ether oxygens (including phenoxy) is 2. The van der Waals surface area contributed by atoms with Gasteiger partial charge >= 0.3 is 12.1 Å². The average molecular weight is 377 g/mol. The first-order chi connectivity index (χ1) is 11.9. The zero-order valence-corrected chi connectivity index (χ0v) is 15.4. The van der Waals surface area contributed by atoms with Crippen molar-refractivity contribution in [2.75, 3.05) is 6.79 Å². The summed E-state index contributed by atoms with van der Waals surface area (Å²) in [6.45, 7) is 1.36. The molecule has 144 valence electrons. The van der Waals surface area contributed by atoms with E-state index < -0.39 is 33.5 Å². The number of carbonyl (C=O) groups is 2. The Morgan fingerprint density at radius 1 is 1.40 bits per heavy atom. The number of aliphatic hydroxyl groups excluding tert-OH is 1. The molecule has 1 aliphatic rings. The van der Waals surface area contributed by atoms with E-state index in [1.807, 2.05) is 6.92 Å². The summed E-state index contributed by atoms with van der Waals surface area (Å²) < 4.78 is 9.35. The lowest BCUT2D eigenvalue weighted by molar-refractivity contribution is -0.151. The van der Waals surface area contributed by atoms with Crippen LogP contribution in [0.1, 0.15) is 58.3 Å². The molecule has 0 aromatic rings. The Morgan fingerprint density at radius 3 is 2.84 bits per heavy atom. The predicted octanol–water partition coefficient (Wildman–Crippen LogP) is 2.48. The summed E-state index contributed by atoms with van der Waals surface area (Å²) in [6.07, 6.45) is 3.76. The quantitative estimate of drug-likeness (QED) is 0.276. The maximum Gasteiger partial charge on any atom is 0.412 e. The van der Waals surface area contributed by atoms with Crippen molar-refractivity contribution in [3.05, 3.63) is 11.4 Å². The summed E-state index contributed by atoms with van der Waals surface area (Å²) in [5, 5.41) is 12.1. The second kappa shape index (κ2) is 12.2. The number of carbonyl (C=O) groups excluding carboxylic acids is 2. The molecule has 2 unspecified atom stereocenters. The van der Waals surface area contributed by atoms with Crippen LogP contribution < -0.4 is 5.32 Å². The first-order valence-electron chi connectivity index (χ1n) is 8.54. The van der Waals surface area contributed by atoms with E-state index in [1.165, 1.54) is 5.82 Å². The van der Waals surface area contributed by atoms with Crippen LogP contribution in [0, 0.1) is 5.92 Å². The Morgan fingerprint density at radius 2 is 2.16 bits per heavy atom. The molecule has 8 nitrogen and oxygen atoms in total. The van der Waals surface area contributed by atoms with Crippen LogP contribution in [0.15, 0.2) is 11.4 Å². The second-order valence-corrected chi connectivity index (χ2v) is 7.02. The van der Waals surface area contributed by atoms with Gasteiger partial charge in [0.15, 0.2) is 8.38 Å². The number of nitrogens with one attached hydrogen (secondary N) is 1. The highest BCUT2D eigenvalue weighted by Crippen LogP contribution is 2.36. The van der Waals surface area contributed by atoms with Crippen molar-refractivity contribution in [2.24, 2.45) is 5.92 Å². The highest BCUT2D eigenvalue weighted by atomic mass is 31.2. The monoisotopic (exact) mass is 377 g/mol. The fraction of sp³-hybridized carbons (Fsp3) is 0.750. The molecule has 1 saturated carbocycles. The first kappa shape index (κ1) is 21.8. The van der Waals surface area contributed by atoms with Gasteiger partial charge in [-0.3, -0.25) is 10.1 Å². The van der Waals surface area contributed by atoms with Gasteiger partial charge in [-0.15, -0.1) is 0 Å². The van der Waals surface area contributed by atoms with Crippen molar-refractivity contribution in [1.82, 2.24) is 5.32 Å². The molecule has 0 heterocycles. The van der Waals surface area contributed by atoms with Gasteiger partial charge < -0.3 is 24.4 Å². The SMILES string of the molecule is CCCC(=O)OCOC(=O)NC(O)CCC1CCCC(=CP(O)O)C1. The third-order valence-electron chi connectivity index (χ3n) is 3.96. The van der Waals surface area contributed by atoms with E-state index in [4.69, 9.17) is 9.79 Å². The predicted molar refractivity (Wildman–Crippen MR) is 92.1 cm³/mol. The van der Waals surface area contributed by atoms with Crippen molar-refractivity contribution in [1.29, 1.82) is 0 Å². The van der Waals surface area contributed by atoms with Crippen molar-refractivity contribution < 1.29 is 34.0 Å². The summed E-state index contributed by atoms with van der Waals surface area (Å²) in [7, 11) is -2.01. The van der Waals surface area contributed by atoms with Crippen molar-refractivity contribution in [2.45, 2.75) is 64.5 Å². The number of rotatable bonds is 9. The third kappa shape index (κ3) is 10.4. The van der Waals surface area contributed by atoms with E-state index in [1.54, 1.807) is 0 Å². The minimum absolute atomic E-state index is 0.264. The van der Waals surface area contributed by atoms with E-state index in [0.29, 0.717) is 25.2 Å². The van der Waals surface area contributed by atoms with E-state index >= 15 is 0 Å². The Labute approximate surface area is 149 Å². The number of aliphatic hydroxyl groups is 1. The summed E-state index contributed by atoms with van der Waals surface area (Å²) in [4.78, 5) is 40.7. The standard InChI is InChI=1S/C16H28NO7P/c1-2-4-15(19)23-11-24-16(20)17-14(18)8-7-12-5-3-6-13(9-12)10-25(21)22/h10,12,14,18,21-22H,2-9,11H2,1H3,(H,17,20). The van der Waals surface area contributed by atoms with E-state index in [9.17, 15) is 14.7 Å². The van der Waals surface area contributed by atoms with Gasteiger partial charge in [-0.2, -0.15) is 0 Å². The number of hydrogen-bond acceptors (Lipinski definition) is 7. The molecule has 1 amide bonds. The van der Waals surface area contributed by atoms with Gasteiger partial charge in [0.25, 0.3) is 0 Å². The van der Waals surface area contributed by atoms with Gasteiger partial charge in [0.05, 0.1) is 0 Å². The van der Waals surface area contributed by atoms with Crippen molar-refractivity contribution in [3.8, 4) is 0 Å². The van der Waals surface area contributed by atoms with Crippen molar-refractivity contribution in [3.63, 3.8) is 0 Å². The molecule has 0 aromatic heterocycles. The van der Waals surface area contributed by atoms with Crippen LogP contribution in [0.5, 0.6) is 0 Å². The minimum atomic E-state index is -2.01. The molecule has 25 heavy (non-hydrogen) atoms. The molecule has 0 radical (unpaired) electrons. The summed E-state index contributed by atoms with van der Waals surface area (Å²) in [5.41, 5.74) is 1.04. The number of amides is 1. The molecule has 9 heteroatoms. The van der Waals surface area contributed by atoms with Crippen LogP contribution in [0.2, 0.25) is 0 Å². The molecule has 2 atom stereocenters. The third-order valence-corrected chi connectivity index (χ3v) is 4.55. The molecule has 1 aliphatic carbocycles. The van der Waals surface area contributed by atoms with Crippen LogP contribution in [-0.4, -0.2) is 40.0 Å². The molecule has 0 bridgehead atoms. The normalized spacial score (nSPS) is 20.4. The zero-order chi connectivity index (χ0) is 18.7. The van der Waals surface area contributed by atoms with Gasteiger partial charge in [0.2, 0.25) is 6.79 Å². The second-order valence-electron chi connectivity index (χ2n) is 6.12. The molecule has 0 saturated heterocycles. The lowest BCUT2D eigenvalue weighted by Gasteiger charge is -2.25. The molecular weight excluding hydrogens is 349 g/mol. The highest BCUT2D eigenvalue weighted by Gasteiger charge is 2.19. The summed E-state index contributed by atoms with van der Waals surface area (Å²) >= 11 is 0. The van der Waals surface area contributed by atoms with Gasteiger partial charge in [-0.25, -0.2) is 4.79 Å². The Bertz CT molecular complexity index is 456. The minimum Gasteiger partial charge on any atom is -0.428 e. The molecule has 0 spiro atoms. The maximum atomic E-state index is 11.5. The van der Waals surface area contributed by atoms with E-state index in [0.717, 1.165) is 31.3 Å². The first-order valence-corrected chi connectivity index (χ1v) is 9.85. The van der Waals surface area contributed by atoms with Crippen molar-refractivity contribution >= 4 is 20.4 Å². The maximum absolute atomic E-state index is 11.5. The topological polar surface area (TPSA) is 125 Å². The Kier molecular flexibility index (Phi) is 10.6. The highest BCUT2D eigenvalue weighted by molar-refractivity contribution is 7.48. The zero-order valence-electron chi connectivity index (χ0n) is 14.5. The number of allylic oxidation sites excluding steroid dienone is 1.